The lowest BCUT2D eigenvalue weighted by Gasteiger charge is -2.20. The highest BCUT2D eigenvalue weighted by molar-refractivity contribution is 5.30. The number of aryl methyl sites for hydroxylation is 1. The molecule has 0 aliphatic heterocycles. The van der Waals surface area contributed by atoms with Crippen LogP contribution < -0.4 is 10.5 Å². The van der Waals surface area contributed by atoms with Crippen LogP contribution in [0.3, 0.4) is 0 Å². The summed E-state index contributed by atoms with van der Waals surface area (Å²) in [5.74, 6) is 0.950. The zero-order chi connectivity index (χ0) is 14.4. The van der Waals surface area contributed by atoms with Gasteiger partial charge in [-0.2, -0.15) is 0 Å². The topological polar surface area (TPSA) is 48.1 Å². The van der Waals surface area contributed by atoms with Crippen LogP contribution >= 0.6 is 0 Å². The van der Waals surface area contributed by atoms with Crippen molar-refractivity contribution in [2.24, 2.45) is 5.73 Å². The smallest absolute Gasteiger partial charge is 0.141 e. The van der Waals surface area contributed by atoms with Gasteiger partial charge in [0.1, 0.15) is 5.75 Å². The van der Waals surface area contributed by atoms with E-state index in [0.717, 1.165) is 30.0 Å². The number of hydrogen-bond donors (Lipinski definition) is 1. The normalized spacial score (nSPS) is 18.6. The minimum atomic E-state index is 0.167. The fourth-order valence-corrected chi connectivity index (χ4v) is 2.78. The van der Waals surface area contributed by atoms with E-state index in [2.05, 4.69) is 18.0 Å². The lowest BCUT2D eigenvalue weighted by molar-refractivity contribution is 0.180. The van der Waals surface area contributed by atoms with Gasteiger partial charge in [-0.15, -0.1) is 0 Å². The van der Waals surface area contributed by atoms with Gasteiger partial charge in [0.2, 0.25) is 0 Å². The zero-order valence-corrected chi connectivity index (χ0v) is 12.9. The fraction of sp³-hybridized carbons (Fsp3) is 0.706. The SMILES string of the molecule is CCC(N)Cc1nc(C)ccc1OC1CCCCCC1. The van der Waals surface area contributed by atoms with Crippen molar-refractivity contribution in [3.8, 4) is 5.75 Å². The summed E-state index contributed by atoms with van der Waals surface area (Å²) < 4.78 is 6.25. The molecule has 1 unspecified atom stereocenters. The summed E-state index contributed by atoms with van der Waals surface area (Å²) in [6.07, 6.45) is 9.75. The lowest BCUT2D eigenvalue weighted by atomic mass is 10.1. The second kappa shape index (κ2) is 7.63. The fourth-order valence-electron chi connectivity index (χ4n) is 2.78. The van der Waals surface area contributed by atoms with Crippen LogP contribution in [0, 0.1) is 6.92 Å². The first kappa shape index (κ1) is 15.3. The van der Waals surface area contributed by atoms with Crippen LogP contribution in [0.25, 0.3) is 0 Å². The Bertz CT molecular complexity index is 411. The van der Waals surface area contributed by atoms with Crippen LogP contribution in [0.2, 0.25) is 0 Å². The lowest BCUT2D eigenvalue weighted by Crippen LogP contribution is -2.23. The highest BCUT2D eigenvalue weighted by Crippen LogP contribution is 2.25. The molecule has 0 saturated heterocycles. The minimum absolute atomic E-state index is 0.167. The van der Waals surface area contributed by atoms with Crippen molar-refractivity contribution in [3.63, 3.8) is 0 Å². The Morgan fingerprint density at radius 1 is 1.25 bits per heavy atom. The van der Waals surface area contributed by atoms with Gasteiger partial charge in [0.15, 0.2) is 0 Å². The molecule has 0 spiro atoms. The minimum Gasteiger partial charge on any atom is -0.489 e. The van der Waals surface area contributed by atoms with E-state index >= 15 is 0 Å². The molecule has 0 bridgehead atoms. The maximum atomic E-state index is 6.25. The Morgan fingerprint density at radius 2 is 1.95 bits per heavy atom. The van der Waals surface area contributed by atoms with Gasteiger partial charge in [-0.05, 0) is 51.2 Å². The summed E-state index contributed by atoms with van der Waals surface area (Å²) >= 11 is 0. The molecular weight excluding hydrogens is 248 g/mol. The molecule has 112 valence electrons. The van der Waals surface area contributed by atoms with Crippen molar-refractivity contribution in [3.05, 3.63) is 23.5 Å². The van der Waals surface area contributed by atoms with Crippen LogP contribution in [0.4, 0.5) is 0 Å². The predicted octanol–water partition coefficient (Wildman–Crippen LogP) is 3.77. The molecule has 1 heterocycles. The molecule has 1 atom stereocenters. The average Bonchev–Trinajstić information content (AvgIpc) is 2.70. The summed E-state index contributed by atoms with van der Waals surface area (Å²) in [5, 5.41) is 0. The first-order chi connectivity index (χ1) is 9.69. The molecular formula is C17H28N2O. The molecule has 20 heavy (non-hydrogen) atoms. The molecule has 1 saturated carbocycles. The Morgan fingerprint density at radius 3 is 2.60 bits per heavy atom. The summed E-state index contributed by atoms with van der Waals surface area (Å²) in [5.41, 5.74) is 8.16. The first-order valence-corrected chi connectivity index (χ1v) is 8.07. The second-order valence-electron chi connectivity index (χ2n) is 6.00. The van der Waals surface area contributed by atoms with Crippen LogP contribution in [-0.4, -0.2) is 17.1 Å². The van der Waals surface area contributed by atoms with Crippen LogP contribution in [0.1, 0.15) is 63.3 Å². The van der Waals surface area contributed by atoms with E-state index in [1.165, 1.54) is 38.5 Å². The third-order valence-electron chi connectivity index (χ3n) is 4.15. The van der Waals surface area contributed by atoms with Gasteiger partial charge >= 0.3 is 0 Å². The van der Waals surface area contributed by atoms with E-state index in [-0.39, 0.29) is 6.04 Å². The molecule has 0 amide bonds. The molecule has 1 aromatic heterocycles. The largest absolute Gasteiger partial charge is 0.489 e. The molecule has 1 aliphatic carbocycles. The van der Waals surface area contributed by atoms with E-state index in [1.54, 1.807) is 0 Å². The van der Waals surface area contributed by atoms with Crippen molar-refractivity contribution in [1.29, 1.82) is 0 Å². The molecule has 1 fully saturated rings. The highest BCUT2D eigenvalue weighted by atomic mass is 16.5. The van der Waals surface area contributed by atoms with Gasteiger partial charge in [-0.1, -0.05) is 19.8 Å². The van der Waals surface area contributed by atoms with Gasteiger partial charge in [-0.3, -0.25) is 4.98 Å². The Kier molecular flexibility index (Phi) is 5.84. The van der Waals surface area contributed by atoms with E-state index in [4.69, 9.17) is 10.5 Å². The van der Waals surface area contributed by atoms with E-state index in [9.17, 15) is 0 Å². The zero-order valence-electron chi connectivity index (χ0n) is 12.9. The molecule has 0 aromatic carbocycles. The van der Waals surface area contributed by atoms with Gasteiger partial charge in [-0.25, -0.2) is 0 Å². The third-order valence-corrected chi connectivity index (χ3v) is 4.15. The summed E-state index contributed by atoms with van der Waals surface area (Å²) in [6, 6.07) is 4.28. The number of rotatable bonds is 5. The van der Waals surface area contributed by atoms with Gasteiger partial charge in [0, 0.05) is 18.2 Å². The number of ether oxygens (including phenoxy) is 1. The van der Waals surface area contributed by atoms with Gasteiger partial charge < -0.3 is 10.5 Å². The number of nitrogens with zero attached hydrogens (tertiary/aromatic N) is 1. The number of aromatic nitrogens is 1. The van der Waals surface area contributed by atoms with Crippen molar-refractivity contribution in [2.75, 3.05) is 0 Å². The van der Waals surface area contributed by atoms with Crippen molar-refractivity contribution in [2.45, 2.75) is 77.4 Å². The Balaban J connectivity index is 2.08. The molecule has 1 aliphatic rings. The van der Waals surface area contributed by atoms with E-state index in [0.29, 0.717) is 6.10 Å². The number of hydrogen-bond acceptors (Lipinski definition) is 3. The molecule has 3 nitrogen and oxygen atoms in total. The van der Waals surface area contributed by atoms with Gasteiger partial charge in [0.05, 0.1) is 11.8 Å². The summed E-state index contributed by atoms with van der Waals surface area (Å²) in [7, 11) is 0. The van der Waals surface area contributed by atoms with Crippen molar-refractivity contribution in [1.82, 2.24) is 4.98 Å². The standard InChI is InChI=1S/C17H28N2O/c1-3-14(18)12-16-17(11-10-13(2)19-16)20-15-8-6-4-5-7-9-15/h10-11,14-15H,3-9,12,18H2,1-2H3. The Hall–Kier alpha value is -1.09. The van der Waals surface area contributed by atoms with Crippen molar-refractivity contribution < 1.29 is 4.74 Å². The predicted molar refractivity (Wildman–Crippen MR) is 83.1 cm³/mol. The highest BCUT2D eigenvalue weighted by Gasteiger charge is 2.17. The van der Waals surface area contributed by atoms with Crippen LogP contribution in [0.15, 0.2) is 12.1 Å². The van der Waals surface area contributed by atoms with E-state index in [1.807, 2.05) is 13.0 Å². The van der Waals surface area contributed by atoms with Crippen LogP contribution in [0.5, 0.6) is 5.75 Å². The van der Waals surface area contributed by atoms with Crippen LogP contribution in [-0.2, 0) is 6.42 Å². The number of nitrogens with two attached hydrogens (primary N) is 1. The van der Waals surface area contributed by atoms with Crippen molar-refractivity contribution >= 4 is 0 Å². The average molecular weight is 276 g/mol. The molecule has 1 aromatic rings. The molecule has 2 N–H and O–H groups in total. The first-order valence-electron chi connectivity index (χ1n) is 8.07. The molecule has 3 heteroatoms. The Labute approximate surface area is 122 Å². The molecule has 2 rings (SSSR count). The third kappa shape index (κ3) is 4.48. The second-order valence-corrected chi connectivity index (χ2v) is 6.00. The van der Waals surface area contributed by atoms with Gasteiger partial charge in [0.25, 0.3) is 0 Å². The maximum absolute atomic E-state index is 6.25. The monoisotopic (exact) mass is 276 g/mol. The quantitative estimate of drug-likeness (QED) is 0.833. The summed E-state index contributed by atoms with van der Waals surface area (Å²) in [4.78, 5) is 4.64. The maximum Gasteiger partial charge on any atom is 0.141 e. The number of pyridine rings is 1. The molecule has 0 radical (unpaired) electrons. The summed E-state index contributed by atoms with van der Waals surface area (Å²) in [6.45, 7) is 4.14. The van der Waals surface area contributed by atoms with E-state index < -0.39 is 0 Å².